The minimum Gasteiger partial charge on any atom is -0.444 e. The summed E-state index contributed by atoms with van der Waals surface area (Å²) in [5, 5.41) is 14.2. The Balaban J connectivity index is 1.46. The summed E-state index contributed by atoms with van der Waals surface area (Å²) in [6.45, 7) is 5.09. The van der Waals surface area contributed by atoms with E-state index in [0.717, 1.165) is 49.7 Å². The number of nitrogens with zero attached hydrogens (tertiary/aromatic N) is 5. The first-order chi connectivity index (χ1) is 13.3. The Labute approximate surface area is 158 Å². The van der Waals surface area contributed by atoms with Crippen molar-refractivity contribution in [2.75, 3.05) is 13.1 Å². The molecule has 3 rings (SSSR count). The standard InChI is InChI=1S/C19H25N7O/c1-2-20-19(21-10-6-7-11-26-14-23-24-15-26)22-12-17-13-27-18(25-17)16-8-4-3-5-9-16/h3-5,8-9,13-15H,2,6-7,10-12H2,1H3,(H2,20,21,22). The molecule has 1 aromatic carbocycles. The molecule has 0 saturated heterocycles. The van der Waals surface area contributed by atoms with Gasteiger partial charge in [0.1, 0.15) is 24.6 Å². The third-order valence-electron chi connectivity index (χ3n) is 3.92. The molecule has 8 heteroatoms. The molecule has 0 aliphatic carbocycles. The second-order valence-corrected chi connectivity index (χ2v) is 6.04. The molecule has 0 unspecified atom stereocenters. The molecule has 142 valence electrons. The largest absolute Gasteiger partial charge is 0.444 e. The highest BCUT2D eigenvalue weighted by atomic mass is 16.3. The zero-order chi connectivity index (χ0) is 18.7. The summed E-state index contributed by atoms with van der Waals surface area (Å²) in [6.07, 6.45) is 7.22. The van der Waals surface area contributed by atoms with E-state index in [-0.39, 0.29) is 0 Å². The number of hydrogen-bond acceptors (Lipinski definition) is 5. The van der Waals surface area contributed by atoms with Crippen LogP contribution in [-0.2, 0) is 13.1 Å². The monoisotopic (exact) mass is 367 g/mol. The van der Waals surface area contributed by atoms with Crippen LogP contribution < -0.4 is 10.6 Å². The van der Waals surface area contributed by atoms with Crippen LogP contribution in [0.1, 0.15) is 25.5 Å². The second kappa shape index (κ2) is 10.1. The van der Waals surface area contributed by atoms with Crippen LogP contribution in [0.5, 0.6) is 0 Å². The number of guanidine groups is 1. The van der Waals surface area contributed by atoms with E-state index in [1.807, 2.05) is 41.8 Å². The third-order valence-corrected chi connectivity index (χ3v) is 3.92. The SMILES string of the molecule is CCNC(=NCc1coc(-c2ccccc2)n1)NCCCCn1cnnc1. The first-order valence-corrected chi connectivity index (χ1v) is 9.19. The van der Waals surface area contributed by atoms with E-state index < -0.39 is 0 Å². The molecule has 27 heavy (non-hydrogen) atoms. The molecule has 0 aliphatic rings. The highest BCUT2D eigenvalue weighted by Crippen LogP contribution is 2.18. The lowest BCUT2D eigenvalue weighted by molar-refractivity contribution is 0.572. The van der Waals surface area contributed by atoms with Crippen LogP contribution in [0.15, 0.2) is 58.7 Å². The van der Waals surface area contributed by atoms with Crippen molar-refractivity contribution in [1.29, 1.82) is 0 Å². The molecule has 0 atom stereocenters. The van der Waals surface area contributed by atoms with Gasteiger partial charge in [-0.15, -0.1) is 10.2 Å². The molecule has 0 bridgehead atoms. The highest BCUT2D eigenvalue weighted by Gasteiger charge is 2.06. The van der Waals surface area contributed by atoms with Gasteiger partial charge in [-0.3, -0.25) is 0 Å². The first kappa shape index (κ1) is 18.6. The summed E-state index contributed by atoms with van der Waals surface area (Å²) in [5.41, 5.74) is 1.77. The van der Waals surface area contributed by atoms with E-state index in [1.165, 1.54) is 0 Å². The van der Waals surface area contributed by atoms with Crippen LogP contribution in [0.3, 0.4) is 0 Å². The average Bonchev–Trinajstić information content (AvgIpc) is 3.38. The molecule has 0 aliphatic heterocycles. The average molecular weight is 367 g/mol. The van der Waals surface area contributed by atoms with Crippen molar-refractivity contribution in [1.82, 2.24) is 30.4 Å². The van der Waals surface area contributed by atoms with Gasteiger partial charge in [-0.2, -0.15) is 0 Å². The fraction of sp³-hybridized carbons (Fsp3) is 0.368. The number of oxazole rings is 1. The normalized spacial score (nSPS) is 11.5. The van der Waals surface area contributed by atoms with E-state index in [9.17, 15) is 0 Å². The Kier molecular flexibility index (Phi) is 6.97. The smallest absolute Gasteiger partial charge is 0.226 e. The van der Waals surface area contributed by atoms with Gasteiger partial charge in [-0.25, -0.2) is 9.98 Å². The van der Waals surface area contributed by atoms with Crippen molar-refractivity contribution in [3.05, 3.63) is 54.9 Å². The molecule has 3 aromatic rings. The quantitative estimate of drug-likeness (QED) is 0.343. The molecule has 0 saturated carbocycles. The zero-order valence-electron chi connectivity index (χ0n) is 15.5. The number of nitrogens with one attached hydrogen (secondary N) is 2. The molecule has 2 aromatic heterocycles. The minimum atomic E-state index is 0.465. The zero-order valence-corrected chi connectivity index (χ0v) is 15.5. The maximum atomic E-state index is 5.56. The van der Waals surface area contributed by atoms with Crippen molar-refractivity contribution in [2.45, 2.75) is 32.9 Å². The molecule has 0 fully saturated rings. The molecule has 0 amide bonds. The minimum absolute atomic E-state index is 0.465. The lowest BCUT2D eigenvalue weighted by Gasteiger charge is -2.10. The Hall–Kier alpha value is -3.16. The number of aliphatic imine (C=N–C) groups is 1. The molecule has 0 spiro atoms. The fourth-order valence-electron chi connectivity index (χ4n) is 2.56. The first-order valence-electron chi connectivity index (χ1n) is 9.19. The summed E-state index contributed by atoms with van der Waals surface area (Å²) in [6, 6.07) is 9.86. The van der Waals surface area contributed by atoms with Gasteiger partial charge in [0, 0.05) is 25.2 Å². The van der Waals surface area contributed by atoms with Gasteiger partial charge < -0.3 is 19.6 Å². The van der Waals surface area contributed by atoms with Crippen molar-refractivity contribution in [3.63, 3.8) is 0 Å². The second-order valence-electron chi connectivity index (χ2n) is 6.04. The van der Waals surface area contributed by atoms with E-state index >= 15 is 0 Å². The van der Waals surface area contributed by atoms with E-state index in [1.54, 1.807) is 18.9 Å². The van der Waals surface area contributed by atoms with Gasteiger partial charge in [0.2, 0.25) is 5.89 Å². The number of hydrogen-bond donors (Lipinski definition) is 2. The fourth-order valence-corrected chi connectivity index (χ4v) is 2.56. The van der Waals surface area contributed by atoms with Crippen LogP contribution in [0, 0.1) is 0 Å². The molecule has 8 nitrogen and oxygen atoms in total. The van der Waals surface area contributed by atoms with Crippen molar-refractivity contribution >= 4 is 5.96 Å². The van der Waals surface area contributed by atoms with Crippen LogP contribution in [0.4, 0.5) is 0 Å². The van der Waals surface area contributed by atoms with E-state index in [4.69, 9.17) is 4.42 Å². The summed E-state index contributed by atoms with van der Waals surface area (Å²) in [4.78, 5) is 9.09. The van der Waals surface area contributed by atoms with Gasteiger partial charge >= 0.3 is 0 Å². The summed E-state index contributed by atoms with van der Waals surface area (Å²) < 4.78 is 7.54. The van der Waals surface area contributed by atoms with Gasteiger partial charge in [0.25, 0.3) is 0 Å². The highest BCUT2D eigenvalue weighted by molar-refractivity contribution is 5.79. The Bertz CT molecular complexity index is 812. The maximum Gasteiger partial charge on any atom is 0.226 e. The molecular weight excluding hydrogens is 342 g/mol. The topological polar surface area (TPSA) is 93.2 Å². The third kappa shape index (κ3) is 5.95. The van der Waals surface area contributed by atoms with Gasteiger partial charge in [-0.05, 0) is 31.9 Å². The van der Waals surface area contributed by atoms with Crippen LogP contribution in [0.2, 0.25) is 0 Å². The van der Waals surface area contributed by atoms with Crippen molar-refractivity contribution in [2.24, 2.45) is 4.99 Å². The summed E-state index contributed by atoms with van der Waals surface area (Å²) in [7, 11) is 0. The molecule has 2 N–H and O–H groups in total. The number of aryl methyl sites for hydroxylation is 1. The Morgan fingerprint density at radius 1 is 1.11 bits per heavy atom. The lowest BCUT2D eigenvalue weighted by Crippen LogP contribution is -2.37. The number of benzene rings is 1. The lowest BCUT2D eigenvalue weighted by atomic mass is 10.2. The van der Waals surface area contributed by atoms with E-state index in [2.05, 4.69) is 30.8 Å². The van der Waals surface area contributed by atoms with Crippen LogP contribution >= 0.6 is 0 Å². The Morgan fingerprint density at radius 2 is 1.93 bits per heavy atom. The van der Waals surface area contributed by atoms with Gasteiger partial charge in [-0.1, -0.05) is 18.2 Å². The predicted molar refractivity (Wildman–Crippen MR) is 104 cm³/mol. The maximum absolute atomic E-state index is 5.56. The van der Waals surface area contributed by atoms with Crippen molar-refractivity contribution < 1.29 is 4.42 Å². The van der Waals surface area contributed by atoms with Crippen LogP contribution in [0.25, 0.3) is 11.5 Å². The van der Waals surface area contributed by atoms with Crippen LogP contribution in [-0.4, -0.2) is 38.8 Å². The van der Waals surface area contributed by atoms with Gasteiger partial charge in [0.15, 0.2) is 5.96 Å². The predicted octanol–water partition coefficient (Wildman–Crippen LogP) is 2.47. The van der Waals surface area contributed by atoms with E-state index in [0.29, 0.717) is 12.4 Å². The van der Waals surface area contributed by atoms with Crippen molar-refractivity contribution in [3.8, 4) is 11.5 Å². The number of unbranched alkanes of at least 4 members (excludes halogenated alkanes) is 1. The molecular formula is C19H25N7O. The molecule has 0 radical (unpaired) electrons. The Morgan fingerprint density at radius 3 is 2.70 bits per heavy atom. The summed E-state index contributed by atoms with van der Waals surface area (Å²) >= 11 is 0. The summed E-state index contributed by atoms with van der Waals surface area (Å²) in [5.74, 6) is 1.40. The van der Waals surface area contributed by atoms with Gasteiger partial charge in [0.05, 0.1) is 6.54 Å². The number of aromatic nitrogens is 4. The number of rotatable bonds is 9. The molecule has 2 heterocycles.